The molecule has 37 heavy (non-hydrogen) atoms. The van der Waals surface area contributed by atoms with Crippen LogP contribution in [0.3, 0.4) is 0 Å². The smallest absolute Gasteiger partial charge is 0.232 e. The molecule has 0 bridgehead atoms. The molecule has 1 unspecified atom stereocenters. The third-order valence-electron chi connectivity index (χ3n) is 7.29. The highest BCUT2D eigenvalue weighted by Crippen LogP contribution is 2.42. The van der Waals surface area contributed by atoms with Crippen LogP contribution in [0.15, 0.2) is 54.9 Å². The minimum atomic E-state index is -0.416. The van der Waals surface area contributed by atoms with Gasteiger partial charge in [0.15, 0.2) is 0 Å². The molecule has 2 aliphatic heterocycles. The first-order valence-electron chi connectivity index (χ1n) is 12.5. The van der Waals surface area contributed by atoms with Crippen LogP contribution in [0.2, 0.25) is 0 Å². The highest BCUT2D eigenvalue weighted by molar-refractivity contribution is 6.05. The van der Waals surface area contributed by atoms with Crippen molar-refractivity contribution < 1.29 is 9.59 Å². The van der Waals surface area contributed by atoms with Crippen molar-refractivity contribution in [1.29, 1.82) is 5.26 Å². The van der Waals surface area contributed by atoms with Crippen LogP contribution in [-0.2, 0) is 27.8 Å². The molecule has 8 nitrogen and oxygen atoms in total. The van der Waals surface area contributed by atoms with E-state index in [0.29, 0.717) is 30.3 Å². The Hall–Kier alpha value is -4.25. The Morgan fingerprint density at radius 2 is 1.89 bits per heavy atom. The van der Waals surface area contributed by atoms with Gasteiger partial charge in [0.25, 0.3) is 0 Å². The van der Waals surface area contributed by atoms with Gasteiger partial charge in [-0.15, -0.1) is 0 Å². The maximum Gasteiger partial charge on any atom is 0.232 e. The van der Waals surface area contributed by atoms with Gasteiger partial charge in [0.05, 0.1) is 17.6 Å². The Morgan fingerprint density at radius 1 is 1.14 bits per heavy atom. The van der Waals surface area contributed by atoms with Crippen molar-refractivity contribution in [3.63, 3.8) is 0 Å². The van der Waals surface area contributed by atoms with Crippen molar-refractivity contribution in [2.45, 2.75) is 38.5 Å². The van der Waals surface area contributed by atoms with E-state index in [1.165, 1.54) is 5.56 Å². The largest absolute Gasteiger partial charge is 0.357 e. The lowest BCUT2D eigenvalue weighted by molar-refractivity contribution is -0.124. The number of nitriles is 1. The highest BCUT2D eigenvalue weighted by atomic mass is 16.2. The minimum absolute atomic E-state index is 0.0198. The van der Waals surface area contributed by atoms with Crippen LogP contribution in [0.1, 0.15) is 42.5 Å². The minimum Gasteiger partial charge on any atom is -0.357 e. The molecule has 2 aromatic carbocycles. The molecule has 3 aromatic rings. The van der Waals surface area contributed by atoms with Crippen molar-refractivity contribution in [2.24, 2.45) is 5.92 Å². The van der Waals surface area contributed by atoms with E-state index in [1.54, 1.807) is 30.1 Å². The number of aryl methyl sites for hydroxylation is 2. The van der Waals surface area contributed by atoms with Gasteiger partial charge in [-0.3, -0.25) is 9.59 Å². The highest BCUT2D eigenvalue weighted by Gasteiger charge is 2.43. The van der Waals surface area contributed by atoms with Crippen LogP contribution >= 0.6 is 0 Å². The van der Waals surface area contributed by atoms with Gasteiger partial charge in [-0.2, -0.15) is 5.26 Å². The molecule has 1 N–H and O–H groups in total. The zero-order valence-corrected chi connectivity index (χ0v) is 21.4. The molecule has 3 heterocycles. The summed E-state index contributed by atoms with van der Waals surface area (Å²) in [5.74, 6) is 0.0821. The summed E-state index contributed by atoms with van der Waals surface area (Å²) in [6.07, 6.45) is 5.55. The number of fused-ring (bicyclic) bond motifs is 1. The predicted molar refractivity (Wildman–Crippen MR) is 142 cm³/mol. The van der Waals surface area contributed by atoms with Crippen LogP contribution in [0.25, 0.3) is 0 Å². The number of benzene rings is 2. The summed E-state index contributed by atoms with van der Waals surface area (Å²) >= 11 is 0. The Morgan fingerprint density at radius 3 is 2.62 bits per heavy atom. The fraction of sp³-hybridized carbons (Fsp3) is 0.345. The number of carbonyl (C=O) groups excluding carboxylic acids is 2. The number of hydrogen-bond donors (Lipinski definition) is 1. The van der Waals surface area contributed by atoms with Gasteiger partial charge < -0.3 is 15.1 Å². The topological polar surface area (TPSA) is 102 Å². The molecule has 8 heteroatoms. The Balaban J connectivity index is 1.31. The molecular weight excluding hydrogens is 464 g/mol. The van der Waals surface area contributed by atoms with E-state index in [0.717, 1.165) is 29.7 Å². The van der Waals surface area contributed by atoms with E-state index in [2.05, 4.69) is 47.3 Å². The number of hydrogen-bond acceptors (Lipinski definition) is 6. The first-order valence-corrected chi connectivity index (χ1v) is 12.5. The lowest BCUT2D eigenvalue weighted by atomic mass is 9.85. The second kappa shape index (κ2) is 9.66. The van der Waals surface area contributed by atoms with E-state index < -0.39 is 5.92 Å². The number of rotatable bonds is 6. The summed E-state index contributed by atoms with van der Waals surface area (Å²) in [5.41, 5.74) is 5.33. The lowest BCUT2D eigenvalue weighted by Gasteiger charge is -2.23. The summed E-state index contributed by atoms with van der Waals surface area (Å²) in [6.45, 7) is 5.23. The first kappa shape index (κ1) is 24.4. The van der Waals surface area contributed by atoms with Crippen molar-refractivity contribution in [1.82, 2.24) is 9.97 Å². The molecule has 188 valence electrons. The van der Waals surface area contributed by atoms with Crippen molar-refractivity contribution in [3.05, 3.63) is 77.1 Å². The zero-order valence-electron chi connectivity index (χ0n) is 21.4. The maximum absolute atomic E-state index is 13.7. The number of carbonyl (C=O) groups is 2. The van der Waals surface area contributed by atoms with Crippen molar-refractivity contribution in [3.8, 4) is 6.07 Å². The molecule has 0 saturated carbocycles. The van der Waals surface area contributed by atoms with Gasteiger partial charge in [0.2, 0.25) is 17.8 Å². The van der Waals surface area contributed by atoms with Gasteiger partial charge in [-0.1, -0.05) is 32.0 Å². The average Bonchev–Trinajstić information content (AvgIpc) is 3.44. The maximum atomic E-state index is 13.7. The Bertz CT molecular complexity index is 1390. The third kappa shape index (κ3) is 4.77. The summed E-state index contributed by atoms with van der Waals surface area (Å²) in [4.78, 5) is 38.5. The molecule has 1 aromatic heterocycles. The molecule has 0 radical (unpaired) electrons. The molecule has 0 spiro atoms. The van der Waals surface area contributed by atoms with Crippen LogP contribution in [0.4, 0.5) is 17.3 Å². The van der Waals surface area contributed by atoms with Gasteiger partial charge in [-0.05, 0) is 53.8 Å². The van der Waals surface area contributed by atoms with E-state index in [9.17, 15) is 14.9 Å². The molecule has 0 aliphatic carbocycles. The number of nitrogens with one attached hydrogen (secondary N) is 1. The zero-order chi connectivity index (χ0) is 26.2. The summed E-state index contributed by atoms with van der Waals surface area (Å²) in [5, 5.41) is 12.1. The monoisotopic (exact) mass is 494 g/mol. The number of nitrogens with zero attached hydrogens (tertiary/aromatic N) is 5. The second-order valence-corrected chi connectivity index (χ2v) is 10.4. The predicted octanol–water partition coefficient (Wildman–Crippen LogP) is 3.85. The first-order chi connectivity index (χ1) is 17.8. The van der Waals surface area contributed by atoms with Gasteiger partial charge in [0.1, 0.15) is 0 Å². The van der Waals surface area contributed by atoms with E-state index in [-0.39, 0.29) is 23.7 Å². The summed E-state index contributed by atoms with van der Waals surface area (Å²) in [7, 11) is 1.80. The SMILES string of the molecule is CNc1ncc(CCc2ccc3c(c2)C(C)(C)CN3C(=O)C2CC(=O)N(c3cccc(C#N)c3)C2)cn1. The molecule has 1 fully saturated rings. The van der Waals surface area contributed by atoms with Gasteiger partial charge in [-0.25, -0.2) is 9.97 Å². The Kier molecular flexibility index (Phi) is 6.38. The van der Waals surface area contributed by atoms with Gasteiger partial charge >= 0.3 is 0 Å². The Labute approximate surface area is 217 Å². The number of amides is 2. The molecular formula is C29H30N6O2. The van der Waals surface area contributed by atoms with Crippen LogP contribution in [0.5, 0.6) is 0 Å². The fourth-order valence-corrected chi connectivity index (χ4v) is 5.27. The summed E-state index contributed by atoms with van der Waals surface area (Å²) < 4.78 is 0. The van der Waals surface area contributed by atoms with Crippen LogP contribution in [-0.4, -0.2) is 41.9 Å². The average molecular weight is 495 g/mol. The number of aromatic nitrogens is 2. The van der Waals surface area contributed by atoms with Crippen molar-refractivity contribution in [2.75, 3.05) is 35.3 Å². The van der Waals surface area contributed by atoms with Crippen LogP contribution in [0, 0.1) is 17.2 Å². The standard InChI is InChI=1S/C29H30N6O2/c1-29(2)18-35(27(37)22-13-26(36)34(17-22)23-6-4-5-20(11-23)14-30)25-10-9-19(12-24(25)29)7-8-21-15-32-28(31-3)33-16-21/h4-6,9-12,15-16,22H,7-8,13,17-18H2,1-3H3,(H,31,32,33). The normalized spacial score (nSPS) is 18.0. The second-order valence-electron chi connectivity index (χ2n) is 10.4. The molecule has 1 saturated heterocycles. The van der Waals surface area contributed by atoms with E-state index in [4.69, 9.17) is 0 Å². The quantitative estimate of drug-likeness (QED) is 0.558. The lowest BCUT2D eigenvalue weighted by Crippen LogP contribution is -2.39. The third-order valence-corrected chi connectivity index (χ3v) is 7.29. The van der Waals surface area contributed by atoms with E-state index in [1.807, 2.05) is 29.4 Å². The van der Waals surface area contributed by atoms with E-state index >= 15 is 0 Å². The molecule has 2 aliphatic rings. The van der Waals surface area contributed by atoms with Gasteiger partial charge in [0, 0.05) is 55.7 Å². The number of anilines is 3. The molecule has 2 amide bonds. The van der Waals surface area contributed by atoms with Crippen LogP contribution < -0.4 is 15.1 Å². The molecule has 5 rings (SSSR count). The van der Waals surface area contributed by atoms with Crippen molar-refractivity contribution >= 4 is 29.1 Å². The summed E-state index contributed by atoms with van der Waals surface area (Å²) in [6, 6.07) is 15.4. The molecule has 1 atom stereocenters. The fourth-order valence-electron chi connectivity index (χ4n) is 5.27.